The van der Waals surface area contributed by atoms with Crippen molar-refractivity contribution in [3.8, 4) is 0 Å². The van der Waals surface area contributed by atoms with Crippen molar-refractivity contribution in [1.82, 2.24) is 0 Å². The zero-order chi connectivity index (χ0) is 8.55. The molecular weight excluding hydrogens is 204 g/mol. The van der Waals surface area contributed by atoms with Gasteiger partial charge in [0.2, 0.25) is 0 Å². The van der Waals surface area contributed by atoms with Gasteiger partial charge in [-0.15, -0.1) is 17.5 Å². The summed E-state index contributed by atoms with van der Waals surface area (Å²) < 4.78 is 0. The molecule has 0 fully saturated rings. The van der Waals surface area contributed by atoms with Gasteiger partial charge in [0, 0.05) is 0 Å². The molecule has 2 heteroatoms. The van der Waals surface area contributed by atoms with E-state index < -0.39 is 0 Å². The molecule has 2 aromatic rings. The maximum absolute atomic E-state index is 3.99. The SMILES string of the molecule is [CH2-]c1ccc(C)c2ccccc12.[Cl-].[Mg+2]. The molecular formula is C12H11ClMg. The van der Waals surface area contributed by atoms with Gasteiger partial charge in [-0.3, -0.25) is 0 Å². The molecule has 0 aliphatic heterocycles. The van der Waals surface area contributed by atoms with Crippen LogP contribution in [0.4, 0.5) is 0 Å². The summed E-state index contributed by atoms with van der Waals surface area (Å²) in [5.41, 5.74) is 2.43. The first kappa shape index (κ1) is 13.6. The summed E-state index contributed by atoms with van der Waals surface area (Å²) in [7, 11) is 0. The molecule has 0 amide bonds. The number of hydrogen-bond acceptors (Lipinski definition) is 0. The second kappa shape index (κ2) is 5.49. The topological polar surface area (TPSA) is 0 Å². The molecule has 2 aromatic carbocycles. The van der Waals surface area contributed by atoms with E-state index in [1.165, 1.54) is 16.3 Å². The molecule has 0 saturated heterocycles. The fourth-order valence-corrected chi connectivity index (χ4v) is 1.51. The minimum absolute atomic E-state index is 0. The summed E-state index contributed by atoms with van der Waals surface area (Å²) in [6.07, 6.45) is 0. The number of hydrogen-bond donors (Lipinski definition) is 0. The van der Waals surface area contributed by atoms with E-state index in [2.05, 4.69) is 50.2 Å². The van der Waals surface area contributed by atoms with Gasteiger partial charge in [0.05, 0.1) is 0 Å². The summed E-state index contributed by atoms with van der Waals surface area (Å²) in [6, 6.07) is 12.6. The molecule has 0 bridgehead atoms. The summed E-state index contributed by atoms with van der Waals surface area (Å²) in [6.45, 7) is 6.12. The number of fused-ring (bicyclic) bond motifs is 1. The third kappa shape index (κ3) is 2.35. The maximum atomic E-state index is 3.99. The Hall–Kier alpha value is -0.374. The number of rotatable bonds is 0. The Labute approximate surface area is 107 Å². The second-order valence-electron chi connectivity index (χ2n) is 3.09. The van der Waals surface area contributed by atoms with Crippen molar-refractivity contribution in [2.75, 3.05) is 0 Å². The Morgan fingerprint density at radius 2 is 1.50 bits per heavy atom. The van der Waals surface area contributed by atoms with Crippen LogP contribution in [0.1, 0.15) is 11.1 Å². The van der Waals surface area contributed by atoms with Gasteiger partial charge in [-0.1, -0.05) is 29.1 Å². The molecule has 14 heavy (non-hydrogen) atoms. The monoisotopic (exact) mass is 214 g/mol. The van der Waals surface area contributed by atoms with Crippen LogP contribution in [0.2, 0.25) is 0 Å². The van der Waals surface area contributed by atoms with Crippen LogP contribution in [0.25, 0.3) is 10.8 Å². The van der Waals surface area contributed by atoms with Crippen molar-refractivity contribution < 1.29 is 12.4 Å². The molecule has 0 unspecified atom stereocenters. The van der Waals surface area contributed by atoms with Crippen LogP contribution in [0.15, 0.2) is 36.4 Å². The van der Waals surface area contributed by atoms with Crippen LogP contribution < -0.4 is 12.4 Å². The molecule has 2 rings (SSSR count). The van der Waals surface area contributed by atoms with Crippen LogP contribution in [0.5, 0.6) is 0 Å². The van der Waals surface area contributed by atoms with Crippen molar-refractivity contribution in [3.05, 3.63) is 54.4 Å². The zero-order valence-corrected chi connectivity index (χ0v) is 10.4. The first-order valence-corrected chi connectivity index (χ1v) is 4.09. The van der Waals surface area contributed by atoms with E-state index in [-0.39, 0.29) is 35.5 Å². The molecule has 68 valence electrons. The van der Waals surface area contributed by atoms with E-state index in [1.807, 2.05) is 0 Å². The van der Waals surface area contributed by atoms with Gasteiger partial charge in [0.1, 0.15) is 0 Å². The molecule has 0 atom stereocenters. The quantitative estimate of drug-likeness (QED) is 0.427. The van der Waals surface area contributed by atoms with Gasteiger partial charge >= 0.3 is 23.1 Å². The van der Waals surface area contributed by atoms with E-state index in [0.717, 1.165) is 5.56 Å². The average Bonchev–Trinajstić information content (AvgIpc) is 2.12. The molecule has 0 N–H and O–H groups in total. The first-order chi connectivity index (χ1) is 5.79. The summed E-state index contributed by atoms with van der Waals surface area (Å²) in [5.74, 6) is 0. The molecule has 0 aliphatic rings. The summed E-state index contributed by atoms with van der Waals surface area (Å²) >= 11 is 0. The minimum atomic E-state index is 0. The van der Waals surface area contributed by atoms with Gasteiger partial charge in [-0.25, -0.2) is 0 Å². The number of benzene rings is 2. The van der Waals surface area contributed by atoms with Crippen molar-refractivity contribution in [2.45, 2.75) is 6.92 Å². The van der Waals surface area contributed by atoms with Crippen LogP contribution in [0.3, 0.4) is 0 Å². The van der Waals surface area contributed by atoms with Gasteiger partial charge in [-0.05, 0) is 6.92 Å². The Bertz CT molecular complexity index is 383. The third-order valence-corrected chi connectivity index (χ3v) is 2.23. The predicted octanol–water partition coefficient (Wildman–Crippen LogP) is -0.0464. The first-order valence-electron chi connectivity index (χ1n) is 4.09. The molecule has 0 radical (unpaired) electrons. The van der Waals surface area contributed by atoms with Gasteiger partial charge in [-0.2, -0.15) is 18.6 Å². The second-order valence-corrected chi connectivity index (χ2v) is 3.09. The standard InChI is InChI=1S/C12H11.ClH.Mg/c1-9-7-8-10(2)12-6-4-3-5-11(9)12;;/h3-8H,1H2,2H3;1H;/q-1;;+2/p-1. The number of halogens is 1. The molecule has 0 nitrogen and oxygen atoms in total. The van der Waals surface area contributed by atoms with Crippen LogP contribution >= 0.6 is 0 Å². The molecule has 0 spiro atoms. The fourth-order valence-electron chi connectivity index (χ4n) is 1.51. The van der Waals surface area contributed by atoms with Gasteiger partial charge in [0.25, 0.3) is 0 Å². The van der Waals surface area contributed by atoms with Crippen LogP contribution in [0, 0.1) is 13.8 Å². The minimum Gasteiger partial charge on any atom is -1.00 e. The molecule has 0 aromatic heterocycles. The fraction of sp³-hybridized carbons (Fsp3) is 0.0833. The summed E-state index contributed by atoms with van der Waals surface area (Å²) in [4.78, 5) is 0. The van der Waals surface area contributed by atoms with E-state index in [9.17, 15) is 0 Å². The zero-order valence-electron chi connectivity index (χ0n) is 8.26. The Kier molecular flexibility index (Phi) is 5.35. The Morgan fingerprint density at radius 3 is 2.07 bits per heavy atom. The van der Waals surface area contributed by atoms with Crippen LogP contribution in [-0.2, 0) is 0 Å². The van der Waals surface area contributed by atoms with E-state index in [0.29, 0.717) is 0 Å². The van der Waals surface area contributed by atoms with Crippen LogP contribution in [-0.4, -0.2) is 23.1 Å². The third-order valence-electron chi connectivity index (χ3n) is 2.23. The Balaban J connectivity index is 0.000000845. The van der Waals surface area contributed by atoms with Crippen molar-refractivity contribution >= 4 is 33.8 Å². The normalized spacial score (nSPS) is 8.93. The van der Waals surface area contributed by atoms with Crippen molar-refractivity contribution in [3.63, 3.8) is 0 Å². The van der Waals surface area contributed by atoms with E-state index >= 15 is 0 Å². The van der Waals surface area contributed by atoms with E-state index in [1.54, 1.807) is 0 Å². The Morgan fingerprint density at radius 1 is 0.929 bits per heavy atom. The maximum Gasteiger partial charge on any atom is 2.00 e. The predicted molar refractivity (Wildman–Crippen MR) is 58.9 cm³/mol. The summed E-state index contributed by atoms with van der Waals surface area (Å²) in [5, 5.41) is 2.57. The van der Waals surface area contributed by atoms with Crippen molar-refractivity contribution in [2.24, 2.45) is 0 Å². The molecule has 0 saturated carbocycles. The largest absolute Gasteiger partial charge is 2.00 e. The molecule has 0 aliphatic carbocycles. The smallest absolute Gasteiger partial charge is 1.00 e. The van der Waals surface area contributed by atoms with E-state index in [4.69, 9.17) is 0 Å². The van der Waals surface area contributed by atoms with Crippen molar-refractivity contribution in [1.29, 1.82) is 0 Å². The number of aryl methyl sites for hydroxylation is 1. The van der Waals surface area contributed by atoms with Gasteiger partial charge < -0.3 is 12.4 Å². The molecule has 0 heterocycles. The van der Waals surface area contributed by atoms with Gasteiger partial charge in [0.15, 0.2) is 0 Å². The average molecular weight is 215 g/mol.